The Hall–Kier alpha value is -1.66. The highest BCUT2D eigenvalue weighted by Crippen LogP contribution is 2.27. The topological polar surface area (TPSA) is 71.2 Å². The summed E-state index contributed by atoms with van der Waals surface area (Å²) in [6.07, 6.45) is 2.21. The second kappa shape index (κ2) is 6.87. The Morgan fingerprint density at radius 2 is 2.29 bits per heavy atom. The third-order valence-corrected chi connectivity index (χ3v) is 4.48. The fourth-order valence-corrected chi connectivity index (χ4v) is 2.92. The van der Waals surface area contributed by atoms with E-state index in [1.165, 1.54) is 11.3 Å². The summed E-state index contributed by atoms with van der Waals surface area (Å²) in [5.41, 5.74) is 7.32. The van der Waals surface area contributed by atoms with Gasteiger partial charge in [0.1, 0.15) is 0 Å². The molecule has 21 heavy (non-hydrogen) atoms. The van der Waals surface area contributed by atoms with Gasteiger partial charge in [-0.15, -0.1) is 0 Å². The van der Waals surface area contributed by atoms with Crippen molar-refractivity contribution in [1.82, 2.24) is 9.88 Å². The van der Waals surface area contributed by atoms with E-state index in [0.717, 1.165) is 29.6 Å². The molecule has 6 heteroatoms. The van der Waals surface area contributed by atoms with Crippen LogP contribution in [0.15, 0.2) is 18.2 Å². The molecule has 1 amide bonds. The summed E-state index contributed by atoms with van der Waals surface area (Å²) in [6, 6.07) is 5.38. The lowest BCUT2D eigenvalue weighted by Crippen LogP contribution is -2.40. The third kappa shape index (κ3) is 3.92. The van der Waals surface area contributed by atoms with E-state index in [9.17, 15) is 4.79 Å². The van der Waals surface area contributed by atoms with Crippen molar-refractivity contribution in [3.8, 4) is 0 Å². The van der Waals surface area contributed by atoms with Gasteiger partial charge in [0, 0.05) is 5.69 Å². The Balaban J connectivity index is 2.03. The Labute approximate surface area is 129 Å². The number of anilines is 2. The van der Waals surface area contributed by atoms with Gasteiger partial charge in [-0.2, -0.15) is 0 Å². The van der Waals surface area contributed by atoms with Crippen molar-refractivity contribution in [1.29, 1.82) is 0 Å². The van der Waals surface area contributed by atoms with E-state index >= 15 is 0 Å². The summed E-state index contributed by atoms with van der Waals surface area (Å²) in [4.78, 5) is 18.7. The van der Waals surface area contributed by atoms with Crippen molar-refractivity contribution in [3.05, 3.63) is 18.2 Å². The monoisotopic (exact) mass is 306 g/mol. The molecule has 3 N–H and O–H groups in total. The number of carbonyl (C=O) groups excluding carboxylic acids is 1. The maximum absolute atomic E-state index is 12.2. The number of unbranched alkanes of at least 4 members (excludes halogenated alkanes) is 1. The van der Waals surface area contributed by atoms with Gasteiger partial charge in [-0.05, 0) is 45.1 Å². The number of nitrogens with one attached hydrogen (secondary N) is 1. The smallest absolute Gasteiger partial charge is 0.243 e. The highest BCUT2D eigenvalue weighted by atomic mass is 32.1. The van der Waals surface area contributed by atoms with Gasteiger partial charge < -0.3 is 11.1 Å². The molecule has 1 atom stereocenters. The van der Waals surface area contributed by atoms with E-state index in [1.54, 1.807) is 0 Å². The van der Waals surface area contributed by atoms with Gasteiger partial charge in [0.25, 0.3) is 0 Å². The van der Waals surface area contributed by atoms with Gasteiger partial charge in [-0.3, -0.25) is 9.69 Å². The number of fused-ring (bicyclic) bond motifs is 1. The first-order valence-electron chi connectivity index (χ1n) is 7.18. The quantitative estimate of drug-likeness (QED) is 0.805. The van der Waals surface area contributed by atoms with Crippen LogP contribution in [0.25, 0.3) is 10.2 Å². The largest absolute Gasteiger partial charge is 0.399 e. The molecule has 5 nitrogen and oxygen atoms in total. The van der Waals surface area contributed by atoms with Crippen molar-refractivity contribution in [3.63, 3.8) is 0 Å². The zero-order chi connectivity index (χ0) is 15.4. The van der Waals surface area contributed by atoms with E-state index in [0.29, 0.717) is 10.8 Å². The Kier molecular flexibility index (Phi) is 5.14. The van der Waals surface area contributed by atoms with Crippen molar-refractivity contribution in [2.24, 2.45) is 0 Å². The van der Waals surface area contributed by atoms with Crippen molar-refractivity contribution in [2.75, 3.05) is 24.6 Å². The molecule has 114 valence electrons. The van der Waals surface area contributed by atoms with Gasteiger partial charge in [0.05, 0.1) is 16.3 Å². The SMILES string of the molecule is CCCCN(C)C(C)C(=O)Nc1nc2ccc(N)cc2s1. The highest BCUT2D eigenvalue weighted by Gasteiger charge is 2.18. The number of likely N-dealkylation sites (N-methyl/N-ethyl adjacent to an activating group) is 1. The van der Waals surface area contributed by atoms with Gasteiger partial charge in [0.15, 0.2) is 5.13 Å². The predicted molar refractivity (Wildman–Crippen MR) is 89.7 cm³/mol. The maximum atomic E-state index is 12.2. The number of rotatable bonds is 6. The molecule has 1 heterocycles. The number of benzene rings is 1. The van der Waals surface area contributed by atoms with Crippen molar-refractivity contribution >= 4 is 38.3 Å². The minimum atomic E-state index is -0.173. The summed E-state index contributed by atoms with van der Waals surface area (Å²) in [5.74, 6) is -0.0272. The number of nitrogens with zero attached hydrogens (tertiary/aromatic N) is 2. The number of hydrogen-bond acceptors (Lipinski definition) is 5. The number of aromatic nitrogens is 1. The second-order valence-corrected chi connectivity index (χ2v) is 6.28. The molecule has 0 saturated heterocycles. The summed E-state index contributed by atoms with van der Waals surface area (Å²) >= 11 is 1.45. The zero-order valence-corrected chi connectivity index (χ0v) is 13.5. The van der Waals surface area contributed by atoms with Crippen molar-refractivity contribution < 1.29 is 4.79 Å². The lowest BCUT2D eigenvalue weighted by Gasteiger charge is -2.22. The highest BCUT2D eigenvalue weighted by molar-refractivity contribution is 7.22. The van der Waals surface area contributed by atoms with E-state index < -0.39 is 0 Å². The molecule has 0 spiro atoms. The van der Waals surface area contributed by atoms with Crippen LogP contribution in [-0.4, -0.2) is 35.4 Å². The normalized spacial score (nSPS) is 12.8. The molecule has 1 aromatic carbocycles. The number of nitrogens with two attached hydrogens (primary N) is 1. The van der Waals surface area contributed by atoms with Crippen LogP contribution >= 0.6 is 11.3 Å². The summed E-state index contributed by atoms with van der Waals surface area (Å²) in [5, 5.41) is 3.52. The van der Waals surface area contributed by atoms with E-state index in [2.05, 4.69) is 22.1 Å². The molecule has 0 saturated carbocycles. The first-order valence-corrected chi connectivity index (χ1v) is 8.00. The minimum absolute atomic E-state index is 0.0272. The van der Waals surface area contributed by atoms with Crippen LogP contribution in [0.4, 0.5) is 10.8 Å². The molecule has 1 aromatic heterocycles. The lowest BCUT2D eigenvalue weighted by molar-refractivity contribution is -0.120. The van der Waals surface area contributed by atoms with Crippen LogP contribution in [0, 0.1) is 0 Å². The number of hydrogen-bond donors (Lipinski definition) is 2. The number of amides is 1. The maximum Gasteiger partial charge on any atom is 0.243 e. The molecule has 2 aromatic rings. The number of carbonyl (C=O) groups is 1. The minimum Gasteiger partial charge on any atom is -0.399 e. The molecule has 0 bridgehead atoms. The fraction of sp³-hybridized carbons (Fsp3) is 0.467. The first kappa shape index (κ1) is 15.7. The van der Waals surface area contributed by atoms with E-state index in [4.69, 9.17) is 5.73 Å². The van der Waals surface area contributed by atoms with Gasteiger partial charge in [0.2, 0.25) is 5.91 Å². The Morgan fingerprint density at radius 1 is 1.52 bits per heavy atom. The molecular formula is C15H22N4OS. The summed E-state index contributed by atoms with van der Waals surface area (Å²) < 4.78 is 0.984. The lowest BCUT2D eigenvalue weighted by atomic mass is 10.2. The van der Waals surface area contributed by atoms with E-state index in [1.807, 2.05) is 32.2 Å². The molecule has 0 radical (unpaired) electrons. The van der Waals surface area contributed by atoms with Crippen LogP contribution in [0.2, 0.25) is 0 Å². The molecule has 1 unspecified atom stereocenters. The van der Waals surface area contributed by atoms with Crippen molar-refractivity contribution in [2.45, 2.75) is 32.7 Å². The molecule has 0 aliphatic rings. The molecule has 0 aliphatic heterocycles. The molecule has 0 fully saturated rings. The van der Waals surface area contributed by atoms with Crippen LogP contribution in [0.3, 0.4) is 0 Å². The number of thiazole rings is 1. The van der Waals surface area contributed by atoms with E-state index in [-0.39, 0.29) is 11.9 Å². The molecule has 2 rings (SSSR count). The number of nitrogen functional groups attached to an aromatic ring is 1. The van der Waals surface area contributed by atoms with Gasteiger partial charge in [-0.25, -0.2) is 4.98 Å². The van der Waals surface area contributed by atoms with Crippen LogP contribution in [0.1, 0.15) is 26.7 Å². The first-order chi connectivity index (χ1) is 10.0. The average molecular weight is 306 g/mol. The molecule has 0 aliphatic carbocycles. The van der Waals surface area contributed by atoms with Crippen LogP contribution in [-0.2, 0) is 4.79 Å². The zero-order valence-electron chi connectivity index (χ0n) is 12.7. The summed E-state index contributed by atoms with van der Waals surface area (Å²) in [6.45, 7) is 4.98. The third-order valence-electron chi connectivity index (χ3n) is 3.55. The Morgan fingerprint density at radius 3 is 3.00 bits per heavy atom. The predicted octanol–water partition coefficient (Wildman–Crippen LogP) is 2.94. The second-order valence-electron chi connectivity index (χ2n) is 5.25. The van der Waals surface area contributed by atoms with Crippen LogP contribution in [0.5, 0.6) is 0 Å². The van der Waals surface area contributed by atoms with Crippen LogP contribution < -0.4 is 11.1 Å². The van der Waals surface area contributed by atoms with Gasteiger partial charge in [-0.1, -0.05) is 24.7 Å². The molecular weight excluding hydrogens is 284 g/mol. The average Bonchev–Trinajstić information content (AvgIpc) is 2.84. The fourth-order valence-electron chi connectivity index (χ4n) is 2.01. The van der Waals surface area contributed by atoms with Gasteiger partial charge >= 0.3 is 0 Å². The Bertz CT molecular complexity index is 625. The standard InChI is InChI=1S/C15H22N4OS/c1-4-5-8-19(3)10(2)14(20)18-15-17-12-7-6-11(16)9-13(12)21-15/h6-7,9-10H,4-5,8,16H2,1-3H3,(H,17,18,20). The summed E-state index contributed by atoms with van der Waals surface area (Å²) in [7, 11) is 1.97.